The molecule has 0 saturated carbocycles. The molecule has 0 unspecified atom stereocenters. The number of ether oxygens (including phenoxy) is 3. The number of amides is 1. The third kappa shape index (κ3) is 3.68. The molecule has 2 heterocycles. The molecule has 0 aromatic heterocycles. The lowest BCUT2D eigenvalue weighted by Crippen LogP contribution is -2.46. The van der Waals surface area contributed by atoms with Gasteiger partial charge in [0.2, 0.25) is 5.75 Å². The van der Waals surface area contributed by atoms with Gasteiger partial charge in [0, 0.05) is 5.69 Å². The number of methoxy groups -OCH3 is 3. The number of hydrogen-bond donors (Lipinski definition) is 0. The quantitative estimate of drug-likeness (QED) is 0.678. The molecule has 0 N–H and O–H groups in total. The number of hydrogen-bond acceptors (Lipinski definition) is 7. The summed E-state index contributed by atoms with van der Waals surface area (Å²) in [5, 5.41) is 0.650. The molecule has 9 heteroatoms. The second-order valence-corrected chi connectivity index (χ2v) is 7.46. The number of nitrogens with zero attached hydrogens (tertiary/aromatic N) is 3. The van der Waals surface area contributed by atoms with E-state index in [1.54, 1.807) is 35.2 Å². The van der Waals surface area contributed by atoms with E-state index in [1.807, 2.05) is 4.90 Å². The van der Waals surface area contributed by atoms with Gasteiger partial charge in [-0.25, -0.2) is 9.38 Å². The van der Waals surface area contributed by atoms with Gasteiger partial charge in [-0.2, -0.15) is 0 Å². The largest absolute Gasteiger partial charge is 0.493 e. The van der Waals surface area contributed by atoms with Crippen molar-refractivity contribution in [1.29, 1.82) is 0 Å². The second kappa shape index (κ2) is 8.27. The summed E-state index contributed by atoms with van der Waals surface area (Å²) in [6, 6.07) is 9.74. The first-order chi connectivity index (χ1) is 14.5. The van der Waals surface area contributed by atoms with Gasteiger partial charge in [-0.3, -0.25) is 9.69 Å². The number of benzene rings is 2. The predicted octanol–water partition coefficient (Wildman–Crippen LogP) is 3.56. The molecule has 0 spiro atoms. The minimum atomic E-state index is -0.293. The SMILES string of the molecule is COc1cc(C=C2N=C3SCN(c4ccc(F)cc4)CN3C2=O)cc(OC)c1OC. The topological polar surface area (TPSA) is 63.6 Å². The first kappa shape index (κ1) is 20.1. The van der Waals surface area contributed by atoms with Crippen LogP contribution in [-0.4, -0.2) is 49.8 Å². The van der Waals surface area contributed by atoms with E-state index in [1.165, 1.54) is 45.2 Å². The molecule has 0 atom stereocenters. The van der Waals surface area contributed by atoms with Crippen molar-refractivity contribution < 1.29 is 23.4 Å². The van der Waals surface area contributed by atoms with Crippen molar-refractivity contribution in [2.75, 3.05) is 38.8 Å². The van der Waals surface area contributed by atoms with Crippen molar-refractivity contribution in [2.45, 2.75) is 0 Å². The Hall–Kier alpha value is -3.20. The number of rotatable bonds is 5. The molecule has 4 rings (SSSR count). The summed E-state index contributed by atoms with van der Waals surface area (Å²) in [6.45, 7) is 0.350. The average Bonchev–Trinajstić information content (AvgIpc) is 3.08. The van der Waals surface area contributed by atoms with Crippen molar-refractivity contribution in [3.8, 4) is 17.2 Å². The lowest BCUT2D eigenvalue weighted by Gasteiger charge is -2.34. The summed E-state index contributed by atoms with van der Waals surface area (Å²) < 4.78 is 29.3. The van der Waals surface area contributed by atoms with Crippen molar-refractivity contribution >= 4 is 34.6 Å². The van der Waals surface area contributed by atoms with Crippen LogP contribution in [-0.2, 0) is 4.79 Å². The Balaban J connectivity index is 1.59. The van der Waals surface area contributed by atoms with Crippen LogP contribution in [0.5, 0.6) is 17.2 Å². The van der Waals surface area contributed by atoms with Crippen LogP contribution < -0.4 is 19.1 Å². The van der Waals surface area contributed by atoms with E-state index >= 15 is 0 Å². The van der Waals surface area contributed by atoms with E-state index in [2.05, 4.69) is 4.99 Å². The smallest absolute Gasteiger partial charge is 0.280 e. The van der Waals surface area contributed by atoms with Gasteiger partial charge in [-0.05, 0) is 48.0 Å². The highest BCUT2D eigenvalue weighted by atomic mass is 32.2. The Bertz CT molecular complexity index is 1010. The Morgan fingerprint density at radius 1 is 1.07 bits per heavy atom. The Morgan fingerprint density at radius 2 is 1.73 bits per heavy atom. The summed E-state index contributed by atoms with van der Waals surface area (Å²) in [4.78, 5) is 21.1. The molecule has 2 aliphatic rings. The fourth-order valence-corrected chi connectivity index (χ4v) is 4.22. The van der Waals surface area contributed by atoms with E-state index in [4.69, 9.17) is 14.2 Å². The maximum atomic E-state index is 13.2. The number of carbonyl (C=O) groups excluding carboxylic acids is 1. The van der Waals surface area contributed by atoms with E-state index in [-0.39, 0.29) is 11.7 Å². The van der Waals surface area contributed by atoms with Crippen LogP contribution in [0.25, 0.3) is 6.08 Å². The van der Waals surface area contributed by atoms with Gasteiger partial charge < -0.3 is 19.1 Å². The summed E-state index contributed by atoms with van der Waals surface area (Å²) in [7, 11) is 4.61. The number of carbonyl (C=O) groups is 1. The van der Waals surface area contributed by atoms with Gasteiger partial charge in [0.1, 0.15) is 18.2 Å². The Labute approximate surface area is 177 Å². The second-order valence-electron chi connectivity index (χ2n) is 6.55. The lowest BCUT2D eigenvalue weighted by molar-refractivity contribution is -0.122. The average molecular weight is 429 g/mol. The highest BCUT2D eigenvalue weighted by molar-refractivity contribution is 8.14. The maximum absolute atomic E-state index is 13.2. The molecule has 1 saturated heterocycles. The molecule has 156 valence electrons. The molecule has 2 aliphatic heterocycles. The Kier molecular flexibility index (Phi) is 5.54. The zero-order valence-corrected chi connectivity index (χ0v) is 17.5. The van der Waals surface area contributed by atoms with Gasteiger partial charge in [0.25, 0.3) is 5.91 Å². The Morgan fingerprint density at radius 3 is 2.33 bits per heavy atom. The van der Waals surface area contributed by atoms with E-state index in [0.29, 0.717) is 46.2 Å². The number of thioether (sulfide) groups is 1. The molecule has 0 radical (unpaired) electrons. The summed E-state index contributed by atoms with van der Waals surface area (Å²) in [5.74, 6) is 1.60. The zero-order valence-electron chi connectivity index (χ0n) is 16.7. The fourth-order valence-electron chi connectivity index (χ4n) is 3.26. The minimum absolute atomic E-state index is 0.196. The number of amidine groups is 1. The molecule has 2 aromatic rings. The van der Waals surface area contributed by atoms with Gasteiger partial charge in [-0.15, -0.1) is 0 Å². The highest BCUT2D eigenvalue weighted by Crippen LogP contribution is 2.39. The monoisotopic (exact) mass is 429 g/mol. The van der Waals surface area contributed by atoms with Gasteiger partial charge in [-0.1, -0.05) is 11.8 Å². The van der Waals surface area contributed by atoms with Crippen molar-refractivity contribution in [2.24, 2.45) is 4.99 Å². The molecule has 1 fully saturated rings. The van der Waals surface area contributed by atoms with Crippen LogP contribution in [0, 0.1) is 5.82 Å². The molecular formula is C21H20FN3O4S. The van der Waals surface area contributed by atoms with E-state index in [0.717, 1.165) is 5.69 Å². The van der Waals surface area contributed by atoms with Crippen molar-refractivity contribution in [3.05, 3.63) is 53.5 Å². The summed E-state index contributed by atoms with van der Waals surface area (Å²) >= 11 is 1.46. The molecule has 1 amide bonds. The summed E-state index contributed by atoms with van der Waals surface area (Å²) in [6.07, 6.45) is 1.70. The third-order valence-corrected chi connectivity index (χ3v) is 5.77. The summed E-state index contributed by atoms with van der Waals surface area (Å²) in [5.41, 5.74) is 1.88. The number of halogens is 1. The molecular weight excluding hydrogens is 409 g/mol. The first-order valence-electron chi connectivity index (χ1n) is 9.09. The number of fused-ring (bicyclic) bond motifs is 1. The van der Waals surface area contributed by atoms with Gasteiger partial charge in [0.05, 0.1) is 27.2 Å². The van der Waals surface area contributed by atoms with Crippen LogP contribution in [0.3, 0.4) is 0 Å². The molecule has 2 aromatic carbocycles. The number of aliphatic imine (C=N–C) groups is 1. The lowest BCUT2D eigenvalue weighted by atomic mass is 10.1. The van der Waals surface area contributed by atoms with Crippen LogP contribution in [0.2, 0.25) is 0 Å². The van der Waals surface area contributed by atoms with Crippen molar-refractivity contribution in [3.63, 3.8) is 0 Å². The maximum Gasteiger partial charge on any atom is 0.280 e. The molecule has 0 bridgehead atoms. The highest BCUT2D eigenvalue weighted by Gasteiger charge is 2.35. The van der Waals surface area contributed by atoms with E-state index < -0.39 is 0 Å². The normalized spacial score (nSPS) is 17.1. The first-order valence-corrected chi connectivity index (χ1v) is 10.1. The molecule has 7 nitrogen and oxygen atoms in total. The molecule has 30 heavy (non-hydrogen) atoms. The number of anilines is 1. The third-order valence-electron chi connectivity index (χ3n) is 4.76. The van der Waals surface area contributed by atoms with Gasteiger partial charge in [0.15, 0.2) is 16.7 Å². The fraction of sp³-hybridized carbons (Fsp3) is 0.238. The van der Waals surface area contributed by atoms with Crippen LogP contribution in [0.4, 0.5) is 10.1 Å². The van der Waals surface area contributed by atoms with Crippen molar-refractivity contribution in [1.82, 2.24) is 4.90 Å². The van der Waals surface area contributed by atoms with Gasteiger partial charge >= 0.3 is 0 Å². The standard InChI is InChI=1S/C21H20FN3O4S/c1-27-17-9-13(10-18(28-2)19(17)29-3)8-16-20(26)25-11-24(12-30-21(25)23-16)15-6-4-14(22)5-7-15/h4-10H,11-12H2,1-3H3. The minimum Gasteiger partial charge on any atom is -0.493 e. The molecule has 0 aliphatic carbocycles. The van der Waals surface area contributed by atoms with E-state index in [9.17, 15) is 9.18 Å². The van der Waals surface area contributed by atoms with Crippen LogP contribution in [0.15, 0.2) is 47.1 Å². The zero-order chi connectivity index (χ0) is 21.3. The van der Waals surface area contributed by atoms with Crippen LogP contribution in [0.1, 0.15) is 5.56 Å². The van der Waals surface area contributed by atoms with Crippen LogP contribution >= 0.6 is 11.8 Å². The predicted molar refractivity (Wildman–Crippen MR) is 115 cm³/mol.